The molecule has 2 atom stereocenters. The van der Waals surface area contributed by atoms with Gasteiger partial charge in [-0.3, -0.25) is 18.6 Å². The van der Waals surface area contributed by atoms with E-state index in [0.29, 0.717) is 6.42 Å². The maximum absolute atomic E-state index is 12.1. The third-order valence-corrected chi connectivity index (χ3v) is 10.7. The number of hydrogen-bond donors (Lipinski definition) is 3. The Kier molecular flexibility index (Phi) is 42.0. The first-order valence-corrected chi connectivity index (χ1v) is 24.6. The summed E-state index contributed by atoms with van der Waals surface area (Å²) in [7, 11) is -4.42. The summed E-state index contributed by atoms with van der Waals surface area (Å²) in [4.78, 5) is 33.9. The molecule has 0 bridgehead atoms. The molecule has 0 aromatic heterocycles. The number of phosphoric acid groups is 1. The number of amides is 1. The van der Waals surface area contributed by atoms with Crippen molar-refractivity contribution in [1.82, 2.24) is 5.32 Å². The van der Waals surface area contributed by atoms with Gasteiger partial charge in [0.2, 0.25) is 5.91 Å². The Morgan fingerprint density at radius 1 is 0.544 bits per heavy atom. The zero-order valence-corrected chi connectivity index (χ0v) is 37.4. The molecule has 0 heterocycles. The number of aliphatic hydroxyl groups is 1. The smallest absolute Gasteiger partial charge is 0.463 e. The first-order valence-electron chi connectivity index (χ1n) is 23.1. The number of phosphoric ester groups is 1. The van der Waals surface area contributed by atoms with Crippen molar-refractivity contribution < 1.29 is 37.9 Å². The van der Waals surface area contributed by atoms with Crippen LogP contribution in [0.2, 0.25) is 0 Å². The average molecular weight is 824 g/mol. The largest absolute Gasteiger partial charge is 0.472 e. The Labute approximate surface area is 349 Å². The third kappa shape index (κ3) is 44.9. The molecule has 10 heteroatoms. The molecular formula is C47H86NO8P. The number of esters is 1. The standard InChI is InChI=1S/C47H86NO8P/c1-3-5-7-9-11-13-15-17-19-20-21-22-23-24-26-28-30-32-34-36-38-40-47(51)54-43-45(49)44-56-57(52,53)55-42-41-48-46(50)39-37-35-33-31-29-27-25-18-16-14-12-10-8-6-4-2/h11-14,17-19,25,45,49H,3-10,15-16,20-24,26-44H2,1-2H3,(H,48,50)(H,52,53)/b13-11-,14-12-,19-17-,25-18-. The van der Waals surface area contributed by atoms with Crippen molar-refractivity contribution in [3.63, 3.8) is 0 Å². The number of unbranched alkanes of at least 4 members (excludes halogenated alkanes) is 22. The Bertz CT molecular complexity index is 1080. The maximum atomic E-state index is 12.1. The Balaban J connectivity index is 3.59. The summed E-state index contributed by atoms with van der Waals surface area (Å²) in [5.41, 5.74) is 0. The number of allylic oxidation sites excluding steroid dienone is 8. The summed E-state index contributed by atoms with van der Waals surface area (Å²) in [6.45, 7) is 3.49. The van der Waals surface area contributed by atoms with Crippen LogP contribution in [0.5, 0.6) is 0 Å². The number of aliphatic hydroxyl groups excluding tert-OH is 1. The molecule has 0 spiro atoms. The van der Waals surface area contributed by atoms with Gasteiger partial charge in [0.25, 0.3) is 0 Å². The predicted molar refractivity (Wildman–Crippen MR) is 238 cm³/mol. The SMILES string of the molecule is CCCCC/C=C\C/C=C\CCCCCCCCCCCCCC(=O)OCC(O)COP(=O)(O)OCCNC(=O)CCCCCCC/C=C\C/C=C\CCCCC. The van der Waals surface area contributed by atoms with Crippen LogP contribution in [0, 0.1) is 0 Å². The van der Waals surface area contributed by atoms with E-state index in [-0.39, 0.29) is 32.1 Å². The van der Waals surface area contributed by atoms with Crippen LogP contribution >= 0.6 is 7.82 Å². The van der Waals surface area contributed by atoms with Crippen molar-refractivity contribution in [1.29, 1.82) is 0 Å². The monoisotopic (exact) mass is 824 g/mol. The summed E-state index contributed by atoms with van der Waals surface area (Å²) in [5.74, 6) is -0.531. The number of hydrogen-bond acceptors (Lipinski definition) is 7. The Morgan fingerprint density at radius 2 is 0.947 bits per heavy atom. The van der Waals surface area contributed by atoms with Crippen molar-refractivity contribution in [3.8, 4) is 0 Å². The molecule has 3 N–H and O–H groups in total. The van der Waals surface area contributed by atoms with Gasteiger partial charge in [-0.1, -0.05) is 165 Å². The van der Waals surface area contributed by atoms with Crippen molar-refractivity contribution in [2.24, 2.45) is 0 Å². The summed E-state index contributed by atoms with van der Waals surface area (Å²) in [6.07, 6.45) is 50.4. The highest BCUT2D eigenvalue weighted by Crippen LogP contribution is 2.42. The molecule has 9 nitrogen and oxygen atoms in total. The van der Waals surface area contributed by atoms with Crippen LogP contribution in [0.4, 0.5) is 0 Å². The topological polar surface area (TPSA) is 131 Å². The van der Waals surface area contributed by atoms with Crippen LogP contribution < -0.4 is 5.32 Å². The van der Waals surface area contributed by atoms with Gasteiger partial charge in [0.05, 0.1) is 13.2 Å². The van der Waals surface area contributed by atoms with Gasteiger partial charge in [-0.05, 0) is 77.0 Å². The van der Waals surface area contributed by atoms with E-state index >= 15 is 0 Å². The van der Waals surface area contributed by atoms with E-state index in [4.69, 9.17) is 13.8 Å². The minimum Gasteiger partial charge on any atom is -0.463 e. The lowest BCUT2D eigenvalue weighted by Gasteiger charge is -2.15. The van der Waals surface area contributed by atoms with E-state index in [9.17, 15) is 24.2 Å². The van der Waals surface area contributed by atoms with Gasteiger partial charge in [0.1, 0.15) is 12.7 Å². The molecule has 0 aromatic rings. The fraction of sp³-hybridized carbons (Fsp3) is 0.787. The zero-order chi connectivity index (χ0) is 41.8. The summed E-state index contributed by atoms with van der Waals surface area (Å²) >= 11 is 0. The third-order valence-electron chi connectivity index (χ3n) is 9.73. The van der Waals surface area contributed by atoms with E-state index in [0.717, 1.165) is 70.6 Å². The van der Waals surface area contributed by atoms with Gasteiger partial charge in [-0.25, -0.2) is 4.57 Å². The summed E-state index contributed by atoms with van der Waals surface area (Å²) in [6, 6.07) is 0. The van der Waals surface area contributed by atoms with Crippen molar-refractivity contribution in [3.05, 3.63) is 48.6 Å². The highest BCUT2D eigenvalue weighted by atomic mass is 31.2. The van der Waals surface area contributed by atoms with Gasteiger partial charge >= 0.3 is 13.8 Å². The van der Waals surface area contributed by atoms with Crippen molar-refractivity contribution >= 4 is 19.7 Å². The molecule has 0 aromatic carbocycles. The molecular weight excluding hydrogens is 737 g/mol. The van der Waals surface area contributed by atoms with E-state index in [1.807, 2.05) is 0 Å². The van der Waals surface area contributed by atoms with E-state index in [1.165, 1.54) is 109 Å². The molecule has 0 fully saturated rings. The molecule has 332 valence electrons. The molecule has 0 aliphatic carbocycles. The normalized spacial score (nSPS) is 13.7. The lowest BCUT2D eigenvalue weighted by atomic mass is 10.0. The zero-order valence-electron chi connectivity index (χ0n) is 36.5. The highest BCUT2D eigenvalue weighted by Gasteiger charge is 2.23. The minimum atomic E-state index is -4.42. The van der Waals surface area contributed by atoms with Crippen LogP contribution in [-0.4, -0.2) is 54.3 Å². The fourth-order valence-electron chi connectivity index (χ4n) is 6.21. The number of carbonyl (C=O) groups excluding carboxylic acids is 2. The highest BCUT2D eigenvalue weighted by molar-refractivity contribution is 7.47. The maximum Gasteiger partial charge on any atom is 0.472 e. The predicted octanol–water partition coefficient (Wildman–Crippen LogP) is 13.1. The first kappa shape index (κ1) is 55.0. The van der Waals surface area contributed by atoms with Gasteiger partial charge in [0.15, 0.2) is 0 Å². The second kappa shape index (κ2) is 43.5. The van der Waals surface area contributed by atoms with E-state index in [2.05, 4.69) is 67.8 Å². The van der Waals surface area contributed by atoms with Gasteiger partial charge in [-0.15, -0.1) is 0 Å². The first-order chi connectivity index (χ1) is 27.8. The quantitative estimate of drug-likeness (QED) is 0.0240. The summed E-state index contributed by atoms with van der Waals surface area (Å²) in [5, 5.41) is 12.7. The second-order valence-electron chi connectivity index (χ2n) is 15.4. The molecule has 0 aliphatic rings. The number of ether oxygens (including phenoxy) is 1. The average Bonchev–Trinajstić information content (AvgIpc) is 3.20. The molecule has 0 aliphatic heterocycles. The molecule has 0 saturated heterocycles. The molecule has 57 heavy (non-hydrogen) atoms. The number of carbonyl (C=O) groups is 2. The minimum absolute atomic E-state index is 0.0731. The number of rotatable bonds is 43. The van der Waals surface area contributed by atoms with Crippen LogP contribution in [0.15, 0.2) is 48.6 Å². The second-order valence-corrected chi connectivity index (χ2v) is 16.8. The van der Waals surface area contributed by atoms with Crippen LogP contribution in [0.1, 0.15) is 206 Å². The van der Waals surface area contributed by atoms with Crippen LogP contribution in [-0.2, 0) is 27.9 Å². The fourth-order valence-corrected chi connectivity index (χ4v) is 6.96. The van der Waals surface area contributed by atoms with Crippen LogP contribution in [0.3, 0.4) is 0 Å². The van der Waals surface area contributed by atoms with Crippen molar-refractivity contribution in [2.75, 3.05) is 26.4 Å². The molecule has 2 unspecified atom stereocenters. The van der Waals surface area contributed by atoms with Crippen molar-refractivity contribution in [2.45, 2.75) is 213 Å². The summed E-state index contributed by atoms with van der Waals surface area (Å²) < 4.78 is 26.9. The lowest BCUT2D eigenvalue weighted by molar-refractivity contribution is -0.147. The Morgan fingerprint density at radius 3 is 1.40 bits per heavy atom. The Hall–Kier alpha value is -2.03. The van der Waals surface area contributed by atoms with E-state index in [1.54, 1.807) is 0 Å². The lowest BCUT2D eigenvalue weighted by Crippen LogP contribution is -2.27. The number of nitrogens with one attached hydrogen (secondary N) is 1. The molecule has 0 rings (SSSR count). The van der Waals surface area contributed by atoms with E-state index < -0.39 is 26.5 Å². The molecule has 1 amide bonds. The van der Waals surface area contributed by atoms with Gasteiger partial charge in [0, 0.05) is 19.4 Å². The van der Waals surface area contributed by atoms with Gasteiger partial charge < -0.3 is 20.1 Å². The molecule has 0 radical (unpaired) electrons. The molecule has 0 saturated carbocycles. The van der Waals surface area contributed by atoms with Crippen LogP contribution in [0.25, 0.3) is 0 Å². The van der Waals surface area contributed by atoms with Gasteiger partial charge in [-0.2, -0.15) is 0 Å².